The first-order chi connectivity index (χ1) is 8.31. The molecule has 0 atom stereocenters. The number of hydrogen-bond donors (Lipinski definition) is 0. The number of rotatable bonds is 7. The number of hydrogen-bond acceptors (Lipinski definition) is 3. The second-order valence-electron chi connectivity index (χ2n) is 3.88. The van der Waals surface area contributed by atoms with E-state index in [2.05, 4.69) is 13.0 Å². The van der Waals surface area contributed by atoms with E-state index in [0.29, 0.717) is 23.7 Å². The molecule has 0 aliphatic carbocycles. The smallest absolute Gasteiger partial charge is 0.140 e. The summed E-state index contributed by atoms with van der Waals surface area (Å²) < 4.78 is 10.7. The highest BCUT2D eigenvalue weighted by molar-refractivity contribution is 5.47. The maximum atomic E-state index is 8.95. The summed E-state index contributed by atoms with van der Waals surface area (Å²) in [6, 6.07) is 7.37. The van der Waals surface area contributed by atoms with E-state index in [-0.39, 0.29) is 0 Å². The van der Waals surface area contributed by atoms with Gasteiger partial charge < -0.3 is 9.47 Å². The Hall–Kier alpha value is -1.69. The third kappa shape index (κ3) is 4.36. The van der Waals surface area contributed by atoms with Crippen LogP contribution in [0.25, 0.3) is 0 Å². The molecule has 1 aromatic carbocycles. The Morgan fingerprint density at radius 2 is 2.06 bits per heavy atom. The highest BCUT2D eigenvalue weighted by atomic mass is 16.5. The Labute approximate surface area is 103 Å². The predicted molar refractivity (Wildman–Crippen MR) is 67.3 cm³/mol. The first-order valence-corrected chi connectivity index (χ1v) is 6.02. The lowest BCUT2D eigenvalue weighted by atomic mass is 10.2. The Kier molecular flexibility index (Phi) is 5.95. The Balaban J connectivity index is 2.53. The summed E-state index contributed by atoms with van der Waals surface area (Å²) in [6.45, 7) is 2.83. The van der Waals surface area contributed by atoms with Gasteiger partial charge in [-0.3, -0.25) is 0 Å². The standard InChI is InChI=1S/C14H19NO2/c1-3-4-5-6-9-17-14-10-13(16-2)8-7-12(14)11-15/h7-8,10H,3-6,9H2,1-2H3. The number of nitrogens with zero attached hydrogens (tertiary/aromatic N) is 1. The minimum Gasteiger partial charge on any atom is -0.497 e. The fourth-order valence-corrected chi connectivity index (χ4v) is 1.55. The lowest BCUT2D eigenvalue weighted by Gasteiger charge is -2.09. The van der Waals surface area contributed by atoms with Gasteiger partial charge >= 0.3 is 0 Å². The number of unbranched alkanes of at least 4 members (excludes halogenated alkanes) is 3. The third-order valence-electron chi connectivity index (χ3n) is 2.56. The Bertz CT molecular complexity index is 382. The molecule has 0 heterocycles. The van der Waals surface area contributed by atoms with Crippen LogP contribution in [0.3, 0.4) is 0 Å². The molecule has 0 aliphatic heterocycles. The molecule has 0 saturated carbocycles. The van der Waals surface area contributed by atoms with Crippen molar-refractivity contribution < 1.29 is 9.47 Å². The molecule has 0 fully saturated rings. The van der Waals surface area contributed by atoms with Crippen LogP contribution < -0.4 is 9.47 Å². The van der Waals surface area contributed by atoms with E-state index < -0.39 is 0 Å². The van der Waals surface area contributed by atoms with E-state index >= 15 is 0 Å². The van der Waals surface area contributed by atoms with Gasteiger partial charge in [-0.1, -0.05) is 26.2 Å². The lowest BCUT2D eigenvalue weighted by molar-refractivity contribution is 0.302. The molecule has 0 aliphatic rings. The third-order valence-corrected chi connectivity index (χ3v) is 2.56. The molecule has 3 heteroatoms. The normalized spacial score (nSPS) is 9.71. The Morgan fingerprint density at radius 1 is 1.24 bits per heavy atom. The predicted octanol–water partition coefficient (Wildman–Crippen LogP) is 3.53. The van der Waals surface area contributed by atoms with Crippen LogP contribution in [0.4, 0.5) is 0 Å². The van der Waals surface area contributed by atoms with Gasteiger partial charge in [0.1, 0.15) is 17.6 Å². The van der Waals surface area contributed by atoms with Gasteiger partial charge in [0.05, 0.1) is 19.3 Å². The number of ether oxygens (including phenoxy) is 2. The highest BCUT2D eigenvalue weighted by Gasteiger charge is 2.04. The topological polar surface area (TPSA) is 42.2 Å². The molecule has 0 amide bonds. The van der Waals surface area contributed by atoms with Crippen molar-refractivity contribution in [2.45, 2.75) is 32.6 Å². The van der Waals surface area contributed by atoms with E-state index in [4.69, 9.17) is 14.7 Å². The second-order valence-corrected chi connectivity index (χ2v) is 3.88. The summed E-state index contributed by atoms with van der Waals surface area (Å²) >= 11 is 0. The van der Waals surface area contributed by atoms with E-state index in [0.717, 1.165) is 6.42 Å². The van der Waals surface area contributed by atoms with Gasteiger partial charge in [0.2, 0.25) is 0 Å². The first-order valence-electron chi connectivity index (χ1n) is 6.02. The van der Waals surface area contributed by atoms with Gasteiger partial charge in [-0.15, -0.1) is 0 Å². The molecule has 0 unspecified atom stereocenters. The number of methoxy groups -OCH3 is 1. The van der Waals surface area contributed by atoms with E-state index in [1.807, 2.05) is 0 Å². The van der Waals surface area contributed by atoms with E-state index in [1.54, 1.807) is 25.3 Å². The van der Waals surface area contributed by atoms with Gasteiger partial charge in [-0.2, -0.15) is 5.26 Å². The average molecular weight is 233 g/mol. The van der Waals surface area contributed by atoms with Crippen molar-refractivity contribution in [1.82, 2.24) is 0 Å². The van der Waals surface area contributed by atoms with Crippen LogP contribution in [-0.4, -0.2) is 13.7 Å². The highest BCUT2D eigenvalue weighted by Crippen LogP contribution is 2.24. The molecule has 0 aromatic heterocycles. The monoisotopic (exact) mass is 233 g/mol. The minimum atomic E-state index is 0.557. The van der Waals surface area contributed by atoms with Crippen molar-refractivity contribution in [1.29, 1.82) is 5.26 Å². The summed E-state index contributed by atoms with van der Waals surface area (Å²) in [5.41, 5.74) is 0.557. The lowest BCUT2D eigenvalue weighted by Crippen LogP contribution is -1.99. The van der Waals surface area contributed by atoms with Crippen molar-refractivity contribution in [2.24, 2.45) is 0 Å². The van der Waals surface area contributed by atoms with Crippen molar-refractivity contribution >= 4 is 0 Å². The molecule has 0 spiro atoms. The quantitative estimate of drug-likeness (QED) is 0.676. The molecule has 3 nitrogen and oxygen atoms in total. The van der Waals surface area contributed by atoms with Crippen LogP contribution in [0.15, 0.2) is 18.2 Å². The number of benzene rings is 1. The zero-order chi connectivity index (χ0) is 12.5. The summed E-state index contributed by atoms with van der Waals surface area (Å²) in [7, 11) is 1.60. The van der Waals surface area contributed by atoms with Gasteiger partial charge in [-0.05, 0) is 18.6 Å². The molecule has 0 N–H and O–H groups in total. The van der Waals surface area contributed by atoms with Crippen molar-refractivity contribution in [2.75, 3.05) is 13.7 Å². The first kappa shape index (κ1) is 13.4. The molecule has 0 bridgehead atoms. The van der Waals surface area contributed by atoms with Crippen LogP contribution in [0.1, 0.15) is 38.2 Å². The molecule has 1 rings (SSSR count). The minimum absolute atomic E-state index is 0.557. The molecular formula is C14H19NO2. The molecule has 1 aromatic rings. The van der Waals surface area contributed by atoms with Crippen LogP contribution in [0.2, 0.25) is 0 Å². The van der Waals surface area contributed by atoms with Crippen LogP contribution in [0, 0.1) is 11.3 Å². The molecule has 0 radical (unpaired) electrons. The maximum absolute atomic E-state index is 8.95. The van der Waals surface area contributed by atoms with Gasteiger partial charge in [0.15, 0.2) is 0 Å². The zero-order valence-electron chi connectivity index (χ0n) is 10.5. The van der Waals surface area contributed by atoms with Gasteiger partial charge in [0.25, 0.3) is 0 Å². The maximum Gasteiger partial charge on any atom is 0.140 e. The largest absolute Gasteiger partial charge is 0.497 e. The molecular weight excluding hydrogens is 214 g/mol. The average Bonchev–Trinajstić information content (AvgIpc) is 2.38. The number of nitriles is 1. The SMILES string of the molecule is CCCCCCOc1cc(OC)ccc1C#N. The van der Waals surface area contributed by atoms with Crippen LogP contribution in [-0.2, 0) is 0 Å². The summed E-state index contributed by atoms with van der Waals surface area (Å²) in [5, 5.41) is 8.95. The van der Waals surface area contributed by atoms with E-state index in [1.165, 1.54) is 19.3 Å². The zero-order valence-corrected chi connectivity index (χ0v) is 10.5. The fourth-order valence-electron chi connectivity index (χ4n) is 1.55. The summed E-state index contributed by atoms with van der Waals surface area (Å²) in [5.74, 6) is 1.33. The van der Waals surface area contributed by atoms with Crippen LogP contribution >= 0.6 is 0 Å². The molecule has 17 heavy (non-hydrogen) atoms. The van der Waals surface area contributed by atoms with Crippen LogP contribution in [0.5, 0.6) is 11.5 Å². The van der Waals surface area contributed by atoms with Crippen molar-refractivity contribution in [3.63, 3.8) is 0 Å². The van der Waals surface area contributed by atoms with Crippen molar-refractivity contribution in [3.05, 3.63) is 23.8 Å². The van der Waals surface area contributed by atoms with E-state index in [9.17, 15) is 0 Å². The molecule has 92 valence electrons. The van der Waals surface area contributed by atoms with Crippen molar-refractivity contribution in [3.8, 4) is 17.6 Å². The van der Waals surface area contributed by atoms with Gasteiger partial charge in [0, 0.05) is 6.07 Å². The molecule has 0 saturated heterocycles. The fraction of sp³-hybridized carbons (Fsp3) is 0.500. The summed E-state index contributed by atoms with van der Waals surface area (Å²) in [6.07, 6.45) is 4.63. The summed E-state index contributed by atoms with van der Waals surface area (Å²) in [4.78, 5) is 0. The Morgan fingerprint density at radius 3 is 2.71 bits per heavy atom. The van der Waals surface area contributed by atoms with Gasteiger partial charge in [-0.25, -0.2) is 0 Å². The second kappa shape index (κ2) is 7.56.